The second-order valence-corrected chi connectivity index (χ2v) is 5.90. The Kier molecular flexibility index (Phi) is 5.68. The topological polar surface area (TPSA) is 72.2 Å². The van der Waals surface area contributed by atoms with Gasteiger partial charge in [-0.25, -0.2) is 0 Å². The van der Waals surface area contributed by atoms with E-state index in [1.54, 1.807) is 6.26 Å². The lowest BCUT2D eigenvalue weighted by atomic mass is 10.1. The van der Waals surface area contributed by atoms with Crippen LogP contribution < -0.4 is 5.32 Å². The summed E-state index contributed by atoms with van der Waals surface area (Å²) in [6, 6.07) is 8.52. The smallest absolute Gasteiger partial charge is 0.348 e. The summed E-state index contributed by atoms with van der Waals surface area (Å²) in [7, 11) is 0. The van der Waals surface area contributed by atoms with Crippen LogP contribution in [0.5, 0.6) is 0 Å². The highest BCUT2D eigenvalue weighted by molar-refractivity contribution is 7.98. The van der Waals surface area contributed by atoms with Crippen molar-refractivity contribution in [3.63, 3.8) is 0 Å². The fourth-order valence-corrected chi connectivity index (χ4v) is 2.51. The van der Waals surface area contributed by atoms with Gasteiger partial charge in [-0.3, -0.25) is 14.9 Å². The molecule has 1 N–H and O–H groups in total. The van der Waals surface area contributed by atoms with E-state index in [4.69, 9.17) is 0 Å². The Labute approximate surface area is 145 Å². The number of benzene rings is 2. The Morgan fingerprint density at radius 1 is 1.20 bits per heavy atom. The van der Waals surface area contributed by atoms with Gasteiger partial charge < -0.3 is 5.32 Å². The van der Waals surface area contributed by atoms with Gasteiger partial charge in [0.25, 0.3) is 11.6 Å². The lowest BCUT2D eigenvalue weighted by Gasteiger charge is -2.09. The number of alkyl halides is 3. The molecule has 2 rings (SSSR count). The van der Waals surface area contributed by atoms with Gasteiger partial charge in [-0.2, -0.15) is 13.2 Å². The minimum absolute atomic E-state index is 0.0440. The molecule has 0 fully saturated rings. The van der Waals surface area contributed by atoms with Crippen molar-refractivity contribution in [2.75, 3.05) is 6.26 Å². The average Bonchev–Trinajstić information content (AvgIpc) is 2.58. The van der Waals surface area contributed by atoms with Crippen molar-refractivity contribution in [2.24, 2.45) is 0 Å². The van der Waals surface area contributed by atoms with Crippen LogP contribution in [0.4, 0.5) is 18.9 Å². The molecule has 2 aromatic rings. The lowest BCUT2D eigenvalue weighted by molar-refractivity contribution is -0.385. The van der Waals surface area contributed by atoms with Gasteiger partial charge in [-0.05, 0) is 36.1 Å². The highest BCUT2D eigenvalue weighted by atomic mass is 32.2. The highest BCUT2D eigenvalue weighted by Gasteiger charge is 2.30. The normalized spacial score (nSPS) is 11.2. The van der Waals surface area contributed by atoms with Gasteiger partial charge in [-0.15, -0.1) is 11.8 Å². The molecule has 0 aliphatic rings. The highest BCUT2D eigenvalue weighted by Crippen LogP contribution is 2.29. The van der Waals surface area contributed by atoms with E-state index in [0.29, 0.717) is 10.5 Å². The minimum Gasteiger partial charge on any atom is -0.348 e. The third kappa shape index (κ3) is 4.72. The lowest BCUT2D eigenvalue weighted by Crippen LogP contribution is -2.23. The molecule has 9 heteroatoms. The zero-order valence-corrected chi connectivity index (χ0v) is 13.8. The van der Waals surface area contributed by atoms with Crippen LogP contribution in [0.2, 0.25) is 0 Å². The van der Waals surface area contributed by atoms with Gasteiger partial charge in [0.15, 0.2) is 0 Å². The first-order chi connectivity index (χ1) is 11.7. The Morgan fingerprint density at radius 3 is 2.36 bits per heavy atom. The quantitative estimate of drug-likeness (QED) is 0.485. The van der Waals surface area contributed by atoms with E-state index in [9.17, 15) is 28.1 Å². The van der Waals surface area contributed by atoms with Crippen LogP contribution in [0.1, 0.15) is 21.5 Å². The molecular formula is C16H13F3N2O3S. The Balaban J connectivity index is 2.13. The van der Waals surface area contributed by atoms with E-state index < -0.39 is 22.6 Å². The van der Waals surface area contributed by atoms with Crippen LogP contribution >= 0.6 is 11.8 Å². The Bertz CT molecular complexity index is 792. The van der Waals surface area contributed by atoms with Gasteiger partial charge in [-0.1, -0.05) is 12.1 Å². The molecule has 0 saturated heterocycles. The third-order valence-corrected chi connectivity index (χ3v) is 4.10. The van der Waals surface area contributed by atoms with Crippen molar-refractivity contribution in [3.8, 4) is 0 Å². The molecule has 0 spiro atoms. The first-order valence-corrected chi connectivity index (χ1v) is 8.21. The van der Waals surface area contributed by atoms with Gasteiger partial charge in [0.05, 0.1) is 10.5 Å². The van der Waals surface area contributed by atoms with E-state index in [1.165, 1.54) is 42.1 Å². The monoisotopic (exact) mass is 370 g/mol. The summed E-state index contributed by atoms with van der Waals surface area (Å²) >= 11 is 1.33. The van der Waals surface area contributed by atoms with Gasteiger partial charge in [0.1, 0.15) is 5.56 Å². The Hall–Kier alpha value is -2.55. The molecule has 5 nitrogen and oxygen atoms in total. The standard InChI is InChI=1S/C16H13F3N2O3S/c1-25-12-6-7-14(21(23)24)13(8-12)15(22)20-9-10-2-4-11(5-3-10)16(17,18)19/h2-8H,9H2,1H3,(H,20,22). The van der Waals surface area contributed by atoms with Gasteiger partial charge >= 0.3 is 6.18 Å². The number of thioether (sulfide) groups is 1. The number of nitrogens with zero attached hydrogens (tertiary/aromatic N) is 1. The number of hydrogen-bond donors (Lipinski definition) is 1. The average molecular weight is 370 g/mol. The second kappa shape index (κ2) is 7.56. The zero-order chi connectivity index (χ0) is 18.6. The number of hydrogen-bond acceptors (Lipinski definition) is 4. The number of carbonyl (C=O) groups is 1. The summed E-state index contributed by atoms with van der Waals surface area (Å²) in [5.74, 6) is -0.664. The van der Waals surface area contributed by atoms with Gasteiger partial charge in [0, 0.05) is 17.5 Å². The van der Waals surface area contributed by atoms with Crippen molar-refractivity contribution in [3.05, 3.63) is 69.3 Å². The molecule has 0 unspecified atom stereocenters. The van der Waals surface area contributed by atoms with E-state index in [0.717, 1.165) is 12.1 Å². The molecule has 0 aromatic heterocycles. The molecule has 25 heavy (non-hydrogen) atoms. The van der Waals surface area contributed by atoms with E-state index in [-0.39, 0.29) is 17.8 Å². The molecule has 0 saturated carbocycles. The first-order valence-electron chi connectivity index (χ1n) is 6.99. The van der Waals surface area contributed by atoms with E-state index in [1.807, 2.05) is 0 Å². The zero-order valence-electron chi connectivity index (χ0n) is 13.0. The van der Waals surface area contributed by atoms with Crippen LogP contribution in [-0.4, -0.2) is 17.1 Å². The summed E-state index contributed by atoms with van der Waals surface area (Å²) in [6.07, 6.45) is -2.66. The van der Waals surface area contributed by atoms with Crippen molar-refractivity contribution in [1.29, 1.82) is 0 Å². The number of carbonyl (C=O) groups excluding carboxylic acids is 1. The molecule has 2 aromatic carbocycles. The molecule has 0 bridgehead atoms. The maximum atomic E-state index is 12.5. The van der Waals surface area contributed by atoms with Crippen LogP contribution in [0.25, 0.3) is 0 Å². The van der Waals surface area contributed by atoms with Crippen LogP contribution in [-0.2, 0) is 12.7 Å². The molecular weight excluding hydrogens is 357 g/mol. The number of rotatable bonds is 5. The molecule has 0 aliphatic heterocycles. The number of nitro benzene ring substituents is 1. The van der Waals surface area contributed by atoms with Crippen molar-refractivity contribution in [1.82, 2.24) is 5.32 Å². The molecule has 0 heterocycles. The fourth-order valence-electron chi connectivity index (χ4n) is 2.07. The summed E-state index contributed by atoms with van der Waals surface area (Å²) < 4.78 is 37.5. The van der Waals surface area contributed by atoms with Crippen LogP contribution in [0, 0.1) is 10.1 Å². The minimum atomic E-state index is -4.43. The molecule has 0 atom stereocenters. The summed E-state index contributed by atoms with van der Waals surface area (Å²) in [5, 5.41) is 13.5. The SMILES string of the molecule is CSc1ccc([N+](=O)[O-])c(C(=O)NCc2ccc(C(F)(F)F)cc2)c1. The van der Waals surface area contributed by atoms with E-state index >= 15 is 0 Å². The number of halogens is 3. The second-order valence-electron chi connectivity index (χ2n) is 5.02. The van der Waals surface area contributed by atoms with E-state index in [2.05, 4.69) is 5.32 Å². The molecule has 132 valence electrons. The van der Waals surface area contributed by atoms with Crippen LogP contribution in [0.15, 0.2) is 47.4 Å². The number of amides is 1. The van der Waals surface area contributed by atoms with Crippen LogP contribution in [0.3, 0.4) is 0 Å². The molecule has 0 aliphatic carbocycles. The van der Waals surface area contributed by atoms with Crippen molar-refractivity contribution < 1.29 is 22.9 Å². The van der Waals surface area contributed by atoms with Crippen molar-refractivity contribution in [2.45, 2.75) is 17.6 Å². The fraction of sp³-hybridized carbons (Fsp3) is 0.188. The Morgan fingerprint density at radius 2 is 1.84 bits per heavy atom. The summed E-state index contributed by atoms with van der Waals surface area (Å²) in [6.45, 7) is -0.0440. The molecule has 1 amide bonds. The van der Waals surface area contributed by atoms with Gasteiger partial charge in [0.2, 0.25) is 0 Å². The maximum Gasteiger partial charge on any atom is 0.416 e. The van der Waals surface area contributed by atoms with Crippen molar-refractivity contribution >= 4 is 23.4 Å². The predicted molar refractivity (Wildman–Crippen MR) is 87.5 cm³/mol. The maximum absolute atomic E-state index is 12.5. The number of nitro groups is 1. The third-order valence-electron chi connectivity index (χ3n) is 3.38. The predicted octanol–water partition coefficient (Wildman–Crippen LogP) is 4.27. The molecule has 0 radical (unpaired) electrons. The summed E-state index contributed by atoms with van der Waals surface area (Å²) in [5.41, 5.74) is -0.762. The largest absolute Gasteiger partial charge is 0.416 e. The first kappa shape index (κ1) is 18.8. The summed E-state index contributed by atoms with van der Waals surface area (Å²) in [4.78, 5) is 23.3. The number of nitrogens with one attached hydrogen (secondary N) is 1.